The van der Waals surface area contributed by atoms with Crippen molar-refractivity contribution >= 4 is 40.6 Å². The summed E-state index contributed by atoms with van der Waals surface area (Å²) in [6, 6.07) is 7.19. The van der Waals surface area contributed by atoms with Gasteiger partial charge in [-0.1, -0.05) is 0 Å². The molecule has 178 valence electrons. The average Bonchev–Trinajstić information content (AvgIpc) is 3.34. The number of hydrogen-bond acceptors (Lipinski definition) is 8. The van der Waals surface area contributed by atoms with E-state index in [9.17, 15) is 18.4 Å². The minimum Gasteiger partial charge on any atom is -0.395 e. The highest BCUT2D eigenvalue weighted by Gasteiger charge is 2.43. The first-order chi connectivity index (χ1) is 16.3. The average molecular weight is 490 g/mol. The highest BCUT2D eigenvalue weighted by Crippen LogP contribution is 2.42. The first-order valence-electron chi connectivity index (χ1n) is 10.2. The molecule has 0 saturated carbocycles. The molecule has 0 radical (unpaired) electrons. The number of anilines is 3. The molecule has 0 bridgehead atoms. The number of nitrogens with one attached hydrogen (secondary N) is 4. The maximum absolute atomic E-state index is 13.2. The number of benzene rings is 1. The van der Waals surface area contributed by atoms with E-state index in [1.165, 1.54) is 29.5 Å². The van der Waals surface area contributed by atoms with Gasteiger partial charge in [0.2, 0.25) is 5.91 Å². The summed E-state index contributed by atoms with van der Waals surface area (Å²) in [5.41, 5.74) is 2.76. The molecule has 10 nitrogen and oxygen atoms in total. The number of urea groups is 1. The number of aromatic nitrogens is 2. The lowest BCUT2D eigenvalue weighted by Gasteiger charge is -2.09. The number of carbonyl (C=O) groups excluding carboxylic acids is 2. The number of carbonyl (C=O) groups is 2. The van der Waals surface area contributed by atoms with Gasteiger partial charge in [0.1, 0.15) is 11.6 Å². The number of ether oxygens (including phenoxy) is 2. The molecule has 2 aromatic heterocycles. The lowest BCUT2D eigenvalue weighted by Crippen LogP contribution is -2.28. The molecule has 1 aliphatic heterocycles. The van der Waals surface area contributed by atoms with E-state index in [2.05, 4.69) is 40.7 Å². The van der Waals surface area contributed by atoms with Crippen LogP contribution in [0.15, 0.2) is 42.0 Å². The molecule has 0 saturated heterocycles. The Balaban J connectivity index is 1.33. The minimum absolute atomic E-state index is 0.0257. The van der Waals surface area contributed by atoms with Crippen LogP contribution in [0.25, 0.3) is 0 Å². The zero-order valence-electron chi connectivity index (χ0n) is 17.9. The molecule has 1 aliphatic rings. The van der Waals surface area contributed by atoms with E-state index >= 15 is 0 Å². The Morgan fingerprint density at radius 3 is 2.74 bits per heavy atom. The van der Waals surface area contributed by atoms with Crippen molar-refractivity contribution in [1.29, 1.82) is 0 Å². The summed E-state index contributed by atoms with van der Waals surface area (Å²) in [5.74, 6) is 0.346. The van der Waals surface area contributed by atoms with Crippen molar-refractivity contribution in [2.75, 3.05) is 22.5 Å². The minimum atomic E-state index is -3.72. The van der Waals surface area contributed by atoms with Crippen LogP contribution in [0.4, 0.5) is 30.9 Å². The van der Waals surface area contributed by atoms with Gasteiger partial charge >= 0.3 is 12.3 Å². The van der Waals surface area contributed by atoms with E-state index in [1.807, 2.05) is 6.92 Å². The zero-order chi connectivity index (χ0) is 24.1. The van der Waals surface area contributed by atoms with Gasteiger partial charge in [-0.25, -0.2) is 14.8 Å². The number of nitrogens with zero attached hydrogens (tertiary/aromatic N) is 2. The highest BCUT2D eigenvalue weighted by atomic mass is 32.1. The van der Waals surface area contributed by atoms with E-state index in [0.717, 1.165) is 5.56 Å². The maximum Gasteiger partial charge on any atom is 0.586 e. The number of halogens is 2. The van der Waals surface area contributed by atoms with Crippen LogP contribution in [0, 0.1) is 0 Å². The quantitative estimate of drug-likeness (QED) is 0.378. The fourth-order valence-corrected chi connectivity index (χ4v) is 3.81. The van der Waals surface area contributed by atoms with E-state index in [0.29, 0.717) is 35.3 Å². The van der Waals surface area contributed by atoms with Crippen molar-refractivity contribution in [2.24, 2.45) is 0 Å². The second-order valence-electron chi connectivity index (χ2n) is 7.07. The number of pyridine rings is 1. The lowest BCUT2D eigenvalue weighted by molar-refractivity contribution is -0.286. The zero-order valence-corrected chi connectivity index (χ0v) is 18.7. The van der Waals surface area contributed by atoms with Crippen LogP contribution in [0.2, 0.25) is 0 Å². The summed E-state index contributed by atoms with van der Waals surface area (Å²) in [7, 11) is 0. The van der Waals surface area contributed by atoms with Crippen molar-refractivity contribution in [3.63, 3.8) is 0 Å². The Morgan fingerprint density at radius 1 is 1.09 bits per heavy atom. The molecule has 4 rings (SSSR count). The first kappa shape index (κ1) is 23.2. The standard InChI is InChI=1S/C21H20F2N6O4S/c1-2-24-20(31)29-17-7-12(5-6-25-17)10-26-19-16(34-11-27-19)9-18(30)28-13-3-4-14-15(8-13)33-21(22,23)32-14/h3-8,11,26H,2,9-10H2,1H3,(H,28,30)(H2,24,25,29,31). The molecule has 3 amide bonds. The van der Waals surface area contributed by atoms with Crippen LogP contribution < -0.4 is 30.7 Å². The van der Waals surface area contributed by atoms with Gasteiger partial charge < -0.3 is 25.4 Å². The summed E-state index contributed by atoms with van der Waals surface area (Å²) in [4.78, 5) is 33.2. The van der Waals surface area contributed by atoms with Crippen LogP contribution in [-0.4, -0.2) is 34.7 Å². The Labute approximate surface area is 196 Å². The van der Waals surface area contributed by atoms with Crippen LogP contribution in [0.5, 0.6) is 11.5 Å². The number of hydrogen-bond donors (Lipinski definition) is 4. The molecule has 0 atom stereocenters. The molecule has 0 unspecified atom stereocenters. The third-order valence-electron chi connectivity index (χ3n) is 4.51. The molecule has 4 N–H and O–H groups in total. The fourth-order valence-electron chi connectivity index (χ4n) is 3.08. The van der Waals surface area contributed by atoms with Crippen LogP contribution in [-0.2, 0) is 17.8 Å². The van der Waals surface area contributed by atoms with E-state index in [4.69, 9.17) is 0 Å². The van der Waals surface area contributed by atoms with Gasteiger partial charge in [0, 0.05) is 31.0 Å². The van der Waals surface area contributed by atoms with Crippen molar-refractivity contribution in [3.8, 4) is 11.5 Å². The number of amides is 3. The smallest absolute Gasteiger partial charge is 0.395 e. The molecule has 34 heavy (non-hydrogen) atoms. The lowest BCUT2D eigenvalue weighted by atomic mass is 10.2. The largest absolute Gasteiger partial charge is 0.586 e. The summed E-state index contributed by atoms with van der Waals surface area (Å²) in [5, 5.41) is 11.1. The molecule has 0 spiro atoms. The third-order valence-corrected chi connectivity index (χ3v) is 5.34. The molecular formula is C21H20F2N6O4S. The summed E-state index contributed by atoms with van der Waals surface area (Å²) in [6.07, 6.45) is -2.12. The van der Waals surface area contributed by atoms with Crippen molar-refractivity contribution in [2.45, 2.75) is 26.2 Å². The Bertz CT molecular complexity index is 1210. The van der Waals surface area contributed by atoms with Gasteiger partial charge in [-0.2, -0.15) is 0 Å². The Hall–Kier alpha value is -4.00. The number of rotatable bonds is 8. The van der Waals surface area contributed by atoms with Gasteiger partial charge in [-0.05, 0) is 36.8 Å². The normalized spacial score (nSPS) is 13.3. The topological polar surface area (TPSA) is 127 Å². The molecule has 13 heteroatoms. The van der Waals surface area contributed by atoms with E-state index in [-0.39, 0.29) is 29.9 Å². The van der Waals surface area contributed by atoms with Crippen LogP contribution >= 0.6 is 11.3 Å². The van der Waals surface area contributed by atoms with Gasteiger partial charge in [0.25, 0.3) is 0 Å². The van der Waals surface area contributed by atoms with Crippen molar-refractivity contribution in [1.82, 2.24) is 15.3 Å². The summed E-state index contributed by atoms with van der Waals surface area (Å²) >= 11 is 1.30. The number of fused-ring (bicyclic) bond motifs is 1. The van der Waals surface area contributed by atoms with Gasteiger partial charge in [-0.15, -0.1) is 20.1 Å². The third kappa shape index (κ3) is 5.86. The van der Waals surface area contributed by atoms with E-state index < -0.39 is 6.29 Å². The fraction of sp³-hybridized carbons (Fsp3) is 0.238. The Kier molecular flexibility index (Phi) is 6.72. The van der Waals surface area contributed by atoms with Crippen molar-refractivity contribution < 1.29 is 27.8 Å². The second kappa shape index (κ2) is 9.87. The number of thiazole rings is 1. The SMILES string of the molecule is CCNC(=O)Nc1cc(CNc2ncsc2CC(=O)Nc2ccc3c(c2)OC(F)(F)O3)ccn1. The van der Waals surface area contributed by atoms with Gasteiger partial charge in [0.15, 0.2) is 11.5 Å². The van der Waals surface area contributed by atoms with E-state index in [1.54, 1.807) is 23.8 Å². The van der Waals surface area contributed by atoms with Gasteiger partial charge in [0.05, 0.1) is 16.8 Å². The summed E-state index contributed by atoms with van der Waals surface area (Å²) in [6.45, 7) is 2.70. The maximum atomic E-state index is 13.2. The van der Waals surface area contributed by atoms with Crippen molar-refractivity contribution in [3.05, 3.63) is 52.5 Å². The molecule has 1 aromatic carbocycles. The van der Waals surface area contributed by atoms with Crippen LogP contribution in [0.1, 0.15) is 17.4 Å². The Morgan fingerprint density at radius 2 is 1.91 bits per heavy atom. The van der Waals surface area contributed by atoms with Crippen LogP contribution in [0.3, 0.4) is 0 Å². The molecule has 0 fully saturated rings. The molecule has 3 heterocycles. The second-order valence-corrected chi connectivity index (χ2v) is 8.00. The number of alkyl halides is 2. The van der Waals surface area contributed by atoms with Gasteiger partial charge in [-0.3, -0.25) is 10.1 Å². The predicted octanol–water partition coefficient (Wildman–Crippen LogP) is 3.79. The molecular weight excluding hydrogens is 470 g/mol. The first-order valence-corrected chi connectivity index (χ1v) is 11.0. The molecule has 3 aromatic rings. The summed E-state index contributed by atoms with van der Waals surface area (Å²) < 4.78 is 35.1. The monoisotopic (exact) mass is 490 g/mol. The molecule has 0 aliphatic carbocycles. The predicted molar refractivity (Wildman–Crippen MR) is 121 cm³/mol. The highest BCUT2D eigenvalue weighted by molar-refractivity contribution is 7.10.